The Morgan fingerprint density at radius 2 is 1.67 bits per heavy atom. The molecule has 0 aliphatic carbocycles. The molecular weight excluding hydrogens is 298 g/mol. The molecule has 0 unspecified atom stereocenters. The molecule has 21 heavy (non-hydrogen) atoms. The molecule has 2 rings (SSSR count). The normalized spacial score (nSPS) is 16.7. The maximum atomic E-state index is 12.2. The molecular formula is C12H15N3O5S. The van der Waals surface area contributed by atoms with Gasteiger partial charge in [-0.3, -0.25) is 14.9 Å². The zero-order valence-corrected chi connectivity index (χ0v) is 12.2. The van der Waals surface area contributed by atoms with E-state index in [1.54, 1.807) is 4.90 Å². The average molecular weight is 313 g/mol. The van der Waals surface area contributed by atoms with Crippen LogP contribution < -0.4 is 0 Å². The van der Waals surface area contributed by atoms with E-state index in [1.165, 1.54) is 28.6 Å². The van der Waals surface area contributed by atoms with Crippen LogP contribution in [0.25, 0.3) is 0 Å². The molecule has 114 valence electrons. The monoisotopic (exact) mass is 313 g/mol. The van der Waals surface area contributed by atoms with Crippen molar-refractivity contribution in [3.8, 4) is 0 Å². The van der Waals surface area contributed by atoms with E-state index in [0.717, 1.165) is 6.26 Å². The first kappa shape index (κ1) is 15.4. The van der Waals surface area contributed by atoms with Gasteiger partial charge in [-0.15, -0.1) is 0 Å². The molecule has 1 saturated heterocycles. The average Bonchev–Trinajstić information content (AvgIpc) is 2.46. The van der Waals surface area contributed by atoms with Crippen molar-refractivity contribution >= 4 is 21.6 Å². The number of carbonyl (C=O) groups excluding carboxylic acids is 1. The lowest BCUT2D eigenvalue weighted by Gasteiger charge is -2.33. The third-order valence-corrected chi connectivity index (χ3v) is 4.62. The molecule has 0 N–H and O–H groups in total. The Morgan fingerprint density at radius 3 is 2.10 bits per heavy atom. The molecule has 1 fully saturated rings. The molecule has 1 aromatic carbocycles. The molecule has 0 spiro atoms. The van der Waals surface area contributed by atoms with E-state index in [2.05, 4.69) is 0 Å². The minimum absolute atomic E-state index is 0.0755. The summed E-state index contributed by atoms with van der Waals surface area (Å²) in [5.74, 6) is -0.252. The lowest BCUT2D eigenvalue weighted by atomic mass is 10.1. The van der Waals surface area contributed by atoms with Crippen molar-refractivity contribution in [2.24, 2.45) is 0 Å². The fourth-order valence-corrected chi connectivity index (χ4v) is 2.96. The van der Waals surface area contributed by atoms with Crippen LogP contribution in [-0.4, -0.2) is 60.9 Å². The Kier molecular flexibility index (Phi) is 4.24. The maximum Gasteiger partial charge on any atom is 0.269 e. The van der Waals surface area contributed by atoms with Crippen molar-refractivity contribution in [1.82, 2.24) is 9.21 Å². The predicted octanol–water partition coefficient (Wildman–Crippen LogP) is 0.312. The van der Waals surface area contributed by atoms with Crippen molar-refractivity contribution in [3.63, 3.8) is 0 Å². The standard InChI is InChI=1S/C12H15N3O5S/c1-21(19,20)14-8-6-13(7-9-14)12(16)10-2-4-11(5-3-10)15(17)18/h2-5H,6-9H2,1H3. The highest BCUT2D eigenvalue weighted by atomic mass is 32.2. The van der Waals surface area contributed by atoms with Crippen LogP contribution in [0.15, 0.2) is 24.3 Å². The van der Waals surface area contributed by atoms with E-state index in [0.29, 0.717) is 18.7 Å². The van der Waals surface area contributed by atoms with Gasteiger partial charge in [-0.05, 0) is 12.1 Å². The Hall–Kier alpha value is -2.00. The van der Waals surface area contributed by atoms with Gasteiger partial charge in [0.25, 0.3) is 11.6 Å². The fourth-order valence-electron chi connectivity index (χ4n) is 2.13. The van der Waals surface area contributed by atoms with Crippen molar-refractivity contribution in [2.45, 2.75) is 0 Å². The molecule has 1 aliphatic rings. The lowest BCUT2D eigenvalue weighted by molar-refractivity contribution is -0.384. The first-order chi connectivity index (χ1) is 9.79. The number of carbonyl (C=O) groups is 1. The number of nitrogens with zero attached hydrogens (tertiary/aromatic N) is 3. The van der Waals surface area contributed by atoms with Gasteiger partial charge in [-0.25, -0.2) is 8.42 Å². The zero-order valence-electron chi connectivity index (χ0n) is 11.4. The highest BCUT2D eigenvalue weighted by molar-refractivity contribution is 7.88. The number of nitro groups is 1. The summed E-state index contributed by atoms with van der Waals surface area (Å²) in [6.45, 7) is 1.14. The van der Waals surface area contributed by atoms with Gasteiger partial charge >= 0.3 is 0 Å². The summed E-state index contributed by atoms with van der Waals surface area (Å²) in [6, 6.07) is 5.37. The fraction of sp³-hybridized carbons (Fsp3) is 0.417. The molecule has 8 nitrogen and oxygen atoms in total. The Morgan fingerprint density at radius 1 is 1.14 bits per heavy atom. The highest BCUT2D eigenvalue weighted by Crippen LogP contribution is 2.15. The third kappa shape index (κ3) is 3.56. The van der Waals surface area contributed by atoms with Crippen molar-refractivity contribution in [3.05, 3.63) is 39.9 Å². The minimum Gasteiger partial charge on any atom is -0.336 e. The summed E-state index contributed by atoms with van der Waals surface area (Å²) in [5.41, 5.74) is 0.279. The van der Waals surface area contributed by atoms with Crippen LogP contribution in [0.4, 0.5) is 5.69 Å². The molecule has 0 bridgehead atoms. The topological polar surface area (TPSA) is 101 Å². The summed E-state index contributed by atoms with van der Waals surface area (Å²) in [7, 11) is -3.23. The van der Waals surface area contributed by atoms with Gasteiger partial charge in [0, 0.05) is 43.9 Å². The van der Waals surface area contributed by atoms with Crippen LogP contribution in [-0.2, 0) is 10.0 Å². The second-order valence-electron chi connectivity index (χ2n) is 4.76. The number of hydrogen-bond acceptors (Lipinski definition) is 5. The van der Waals surface area contributed by atoms with E-state index in [1.807, 2.05) is 0 Å². The van der Waals surface area contributed by atoms with Gasteiger partial charge < -0.3 is 4.90 Å². The molecule has 1 amide bonds. The molecule has 0 aromatic heterocycles. The van der Waals surface area contributed by atoms with Crippen molar-refractivity contribution in [2.75, 3.05) is 32.4 Å². The van der Waals surface area contributed by atoms with Gasteiger partial charge in [-0.2, -0.15) is 4.31 Å². The second-order valence-corrected chi connectivity index (χ2v) is 6.74. The van der Waals surface area contributed by atoms with Crippen molar-refractivity contribution < 1.29 is 18.1 Å². The summed E-state index contributed by atoms with van der Waals surface area (Å²) < 4.78 is 24.1. The van der Waals surface area contributed by atoms with Crippen LogP contribution in [0.5, 0.6) is 0 Å². The van der Waals surface area contributed by atoms with Gasteiger partial charge in [0.1, 0.15) is 0 Å². The summed E-state index contributed by atoms with van der Waals surface area (Å²) in [4.78, 5) is 23.8. The van der Waals surface area contributed by atoms with Gasteiger partial charge in [0.2, 0.25) is 10.0 Å². The number of non-ortho nitro benzene ring substituents is 1. The van der Waals surface area contributed by atoms with Crippen LogP contribution in [0.1, 0.15) is 10.4 Å². The smallest absolute Gasteiger partial charge is 0.269 e. The molecule has 9 heteroatoms. The number of nitro benzene ring substituents is 1. The summed E-state index contributed by atoms with van der Waals surface area (Å²) >= 11 is 0. The number of sulfonamides is 1. The maximum absolute atomic E-state index is 12.2. The van der Waals surface area contributed by atoms with Crippen LogP contribution >= 0.6 is 0 Å². The largest absolute Gasteiger partial charge is 0.336 e. The van der Waals surface area contributed by atoms with Crippen LogP contribution in [0.3, 0.4) is 0 Å². The lowest BCUT2D eigenvalue weighted by Crippen LogP contribution is -2.50. The van der Waals surface area contributed by atoms with Crippen molar-refractivity contribution in [1.29, 1.82) is 0 Å². The van der Waals surface area contributed by atoms with Crippen LogP contribution in [0, 0.1) is 10.1 Å². The number of rotatable bonds is 3. The number of hydrogen-bond donors (Lipinski definition) is 0. The highest BCUT2D eigenvalue weighted by Gasteiger charge is 2.26. The quantitative estimate of drug-likeness (QED) is 0.590. The van der Waals surface area contributed by atoms with E-state index in [9.17, 15) is 23.3 Å². The van der Waals surface area contributed by atoms with E-state index < -0.39 is 14.9 Å². The van der Waals surface area contributed by atoms with Gasteiger partial charge in [0.05, 0.1) is 11.2 Å². The Balaban J connectivity index is 2.03. The van der Waals surface area contributed by atoms with E-state index in [-0.39, 0.29) is 24.7 Å². The minimum atomic E-state index is -3.23. The van der Waals surface area contributed by atoms with Gasteiger partial charge in [-0.1, -0.05) is 0 Å². The third-order valence-electron chi connectivity index (χ3n) is 3.32. The summed E-state index contributed by atoms with van der Waals surface area (Å²) in [5, 5.41) is 10.6. The second kappa shape index (κ2) is 5.78. The van der Waals surface area contributed by atoms with E-state index in [4.69, 9.17) is 0 Å². The molecule has 0 saturated carbocycles. The Bertz CT molecular complexity index is 648. The Labute approximate surface area is 122 Å². The first-order valence-electron chi connectivity index (χ1n) is 6.28. The first-order valence-corrected chi connectivity index (χ1v) is 8.13. The van der Waals surface area contributed by atoms with Crippen LogP contribution in [0.2, 0.25) is 0 Å². The molecule has 1 aliphatic heterocycles. The number of amides is 1. The van der Waals surface area contributed by atoms with Gasteiger partial charge in [0.15, 0.2) is 0 Å². The zero-order chi connectivity index (χ0) is 15.6. The molecule has 1 heterocycles. The van der Waals surface area contributed by atoms with E-state index >= 15 is 0 Å². The number of benzene rings is 1. The summed E-state index contributed by atoms with van der Waals surface area (Å²) in [6.07, 6.45) is 1.14. The predicted molar refractivity (Wildman–Crippen MR) is 75.4 cm³/mol. The SMILES string of the molecule is CS(=O)(=O)N1CCN(C(=O)c2ccc([N+](=O)[O-])cc2)CC1. The molecule has 1 aromatic rings. The molecule has 0 atom stereocenters. The molecule has 0 radical (unpaired) electrons. The number of piperazine rings is 1.